The third-order valence-electron chi connectivity index (χ3n) is 4.13. The third-order valence-corrected chi connectivity index (χ3v) is 4.13. The lowest BCUT2D eigenvalue weighted by molar-refractivity contribution is 0.0728. The number of rotatable bonds is 9. The summed E-state index contributed by atoms with van der Waals surface area (Å²) in [5, 5.41) is 0. The first-order valence-corrected chi connectivity index (χ1v) is 8.94. The van der Waals surface area contributed by atoms with E-state index < -0.39 is 11.8 Å². The highest BCUT2D eigenvalue weighted by molar-refractivity contribution is 5.96. The van der Waals surface area contributed by atoms with Gasteiger partial charge in [-0.05, 0) is 31.9 Å². The summed E-state index contributed by atoms with van der Waals surface area (Å²) >= 11 is 0. The minimum Gasteiger partial charge on any atom is -0.493 e. The first kappa shape index (κ1) is 20.5. The van der Waals surface area contributed by atoms with Crippen molar-refractivity contribution in [3.8, 4) is 17.2 Å². The van der Waals surface area contributed by atoms with Crippen LogP contribution in [0.5, 0.6) is 17.2 Å². The number of allylic oxidation sites excluding steroid dienone is 1. The smallest absolute Gasteiger partial charge is 0.347 e. The molecule has 0 radical (unpaired) electrons. The number of esters is 1. The largest absolute Gasteiger partial charge is 0.493 e. The van der Waals surface area contributed by atoms with Gasteiger partial charge in [-0.1, -0.05) is 37.6 Å². The Bertz CT molecular complexity index is 800. The van der Waals surface area contributed by atoms with E-state index in [0.29, 0.717) is 30.1 Å². The Morgan fingerprint density at radius 2 is 1.93 bits per heavy atom. The van der Waals surface area contributed by atoms with Crippen LogP contribution in [0.4, 0.5) is 4.39 Å². The van der Waals surface area contributed by atoms with Crippen molar-refractivity contribution in [1.82, 2.24) is 0 Å². The molecule has 5 heteroatoms. The molecule has 0 saturated carbocycles. The van der Waals surface area contributed by atoms with E-state index in [9.17, 15) is 9.18 Å². The highest BCUT2D eigenvalue weighted by Gasteiger charge is 2.28. The summed E-state index contributed by atoms with van der Waals surface area (Å²) in [7, 11) is 1.39. The van der Waals surface area contributed by atoms with Crippen LogP contribution >= 0.6 is 0 Å². The van der Waals surface area contributed by atoms with Gasteiger partial charge in [0.1, 0.15) is 17.1 Å². The van der Waals surface area contributed by atoms with Gasteiger partial charge in [0, 0.05) is 11.1 Å². The third kappa shape index (κ3) is 4.67. The molecular weight excluding hydrogens is 347 g/mol. The van der Waals surface area contributed by atoms with E-state index >= 15 is 0 Å². The molecular formula is C22H25FO4. The molecule has 144 valence electrons. The molecule has 0 spiro atoms. The average Bonchev–Trinajstić information content (AvgIpc) is 2.67. The molecule has 0 N–H and O–H groups in total. The lowest BCUT2D eigenvalue weighted by Gasteiger charge is -2.20. The molecule has 0 bridgehead atoms. The SMILES string of the molecule is C=CCc1c(OC)c(F)c(C)c(C(=O)Oc2ccccc2)c1OCCCC. The van der Waals surface area contributed by atoms with Crippen LogP contribution in [0.15, 0.2) is 43.0 Å². The Hall–Kier alpha value is -2.82. The lowest BCUT2D eigenvalue weighted by atomic mass is 9.98. The molecule has 0 aliphatic carbocycles. The Morgan fingerprint density at radius 3 is 2.52 bits per heavy atom. The van der Waals surface area contributed by atoms with Crippen molar-refractivity contribution in [2.45, 2.75) is 33.1 Å². The standard InChI is InChI=1S/C22H25FO4/c1-5-7-14-26-20-17(11-6-2)21(25-4)19(23)15(3)18(20)22(24)27-16-12-9-8-10-13-16/h6,8-10,12-13H,2,5,7,11,14H2,1,3-4H3. The zero-order valence-electron chi connectivity index (χ0n) is 16.0. The molecule has 0 amide bonds. The van der Waals surface area contributed by atoms with Crippen molar-refractivity contribution in [1.29, 1.82) is 0 Å². The van der Waals surface area contributed by atoms with E-state index in [4.69, 9.17) is 14.2 Å². The number of methoxy groups -OCH3 is 1. The van der Waals surface area contributed by atoms with Crippen molar-refractivity contribution >= 4 is 5.97 Å². The number of para-hydroxylation sites is 1. The molecule has 27 heavy (non-hydrogen) atoms. The summed E-state index contributed by atoms with van der Waals surface area (Å²) in [6, 6.07) is 8.65. The van der Waals surface area contributed by atoms with Crippen molar-refractivity contribution in [2.24, 2.45) is 0 Å². The highest BCUT2D eigenvalue weighted by atomic mass is 19.1. The van der Waals surface area contributed by atoms with Crippen LogP contribution in [0.2, 0.25) is 0 Å². The number of unbranched alkanes of at least 4 members (excludes halogenated alkanes) is 1. The number of ether oxygens (including phenoxy) is 3. The van der Waals surface area contributed by atoms with Gasteiger partial charge in [-0.3, -0.25) is 0 Å². The van der Waals surface area contributed by atoms with Crippen molar-refractivity contribution < 1.29 is 23.4 Å². The average molecular weight is 372 g/mol. The fourth-order valence-corrected chi connectivity index (χ4v) is 2.75. The summed E-state index contributed by atoms with van der Waals surface area (Å²) in [5.74, 6) is -0.535. The normalized spacial score (nSPS) is 10.4. The van der Waals surface area contributed by atoms with E-state index in [1.54, 1.807) is 30.3 Å². The molecule has 0 aromatic heterocycles. The van der Waals surface area contributed by atoms with E-state index in [2.05, 4.69) is 6.58 Å². The lowest BCUT2D eigenvalue weighted by Crippen LogP contribution is -2.17. The summed E-state index contributed by atoms with van der Waals surface area (Å²) in [6.07, 6.45) is 3.65. The van der Waals surface area contributed by atoms with Gasteiger partial charge in [-0.2, -0.15) is 0 Å². The molecule has 0 fully saturated rings. The maximum atomic E-state index is 14.9. The van der Waals surface area contributed by atoms with Gasteiger partial charge >= 0.3 is 5.97 Å². The number of carbonyl (C=O) groups excluding carboxylic acids is 1. The molecule has 0 heterocycles. The van der Waals surface area contributed by atoms with Crippen molar-refractivity contribution in [2.75, 3.05) is 13.7 Å². The Morgan fingerprint density at radius 1 is 1.22 bits per heavy atom. The van der Waals surface area contributed by atoms with Crippen LogP contribution in [0.25, 0.3) is 0 Å². The predicted molar refractivity (Wildman–Crippen MR) is 103 cm³/mol. The molecule has 2 aromatic carbocycles. The van der Waals surface area contributed by atoms with Gasteiger partial charge in [0.25, 0.3) is 0 Å². The van der Waals surface area contributed by atoms with Gasteiger partial charge < -0.3 is 14.2 Å². The van der Waals surface area contributed by atoms with Crippen LogP contribution in [-0.2, 0) is 6.42 Å². The van der Waals surface area contributed by atoms with Crippen LogP contribution in [0.1, 0.15) is 41.3 Å². The van der Waals surface area contributed by atoms with Gasteiger partial charge in [0.15, 0.2) is 11.6 Å². The van der Waals surface area contributed by atoms with Gasteiger partial charge in [-0.15, -0.1) is 6.58 Å². The Kier molecular flexibility index (Phi) is 7.41. The highest BCUT2D eigenvalue weighted by Crippen LogP contribution is 2.39. The summed E-state index contributed by atoms with van der Waals surface area (Å²) in [4.78, 5) is 12.9. The minimum atomic E-state index is -0.669. The fraction of sp³-hybridized carbons (Fsp3) is 0.318. The zero-order valence-corrected chi connectivity index (χ0v) is 16.0. The van der Waals surface area contributed by atoms with Crippen LogP contribution in [-0.4, -0.2) is 19.7 Å². The number of benzene rings is 2. The second-order valence-corrected chi connectivity index (χ2v) is 6.05. The molecule has 2 rings (SSSR count). The summed E-state index contributed by atoms with van der Waals surface area (Å²) in [5.41, 5.74) is 0.656. The number of halogens is 1. The van der Waals surface area contributed by atoms with Crippen LogP contribution < -0.4 is 14.2 Å². The van der Waals surface area contributed by atoms with E-state index in [1.807, 2.05) is 13.0 Å². The summed E-state index contributed by atoms with van der Waals surface area (Å²) in [6.45, 7) is 7.67. The fourth-order valence-electron chi connectivity index (χ4n) is 2.75. The molecule has 0 atom stereocenters. The quantitative estimate of drug-likeness (QED) is 0.260. The Labute approximate surface area is 159 Å². The molecule has 0 aliphatic rings. The van der Waals surface area contributed by atoms with E-state index in [-0.39, 0.29) is 16.9 Å². The van der Waals surface area contributed by atoms with Gasteiger partial charge in [0.05, 0.1) is 13.7 Å². The predicted octanol–water partition coefficient (Wildman–Crippen LogP) is 5.27. The second kappa shape index (κ2) is 9.76. The number of hydrogen-bond acceptors (Lipinski definition) is 4. The van der Waals surface area contributed by atoms with E-state index in [1.165, 1.54) is 14.0 Å². The first-order chi connectivity index (χ1) is 13.0. The maximum absolute atomic E-state index is 14.9. The Balaban J connectivity index is 2.58. The molecule has 2 aromatic rings. The van der Waals surface area contributed by atoms with Crippen molar-refractivity contribution in [3.05, 3.63) is 65.5 Å². The first-order valence-electron chi connectivity index (χ1n) is 8.94. The topological polar surface area (TPSA) is 44.8 Å². The summed E-state index contributed by atoms with van der Waals surface area (Å²) < 4.78 is 31.5. The van der Waals surface area contributed by atoms with Crippen LogP contribution in [0.3, 0.4) is 0 Å². The molecule has 0 saturated heterocycles. The van der Waals surface area contributed by atoms with Gasteiger partial charge in [-0.25, -0.2) is 9.18 Å². The molecule has 0 aliphatic heterocycles. The monoisotopic (exact) mass is 372 g/mol. The van der Waals surface area contributed by atoms with Crippen LogP contribution in [0, 0.1) is 12.7 Å². The molecule has 0 unspecified atom stereocenters. The van der Waals surface area contributed by atoms with Crippen molar-refractivity contribution in [3.63, 3.8) is 0 Å². The minimum absolute atomic E-state index is 0.0650. The molecule has 4 nitrogen and oxygen atoms in total. The second-order valence-electron chi connectivity index (χ2n) is 6.05. The van der Waals surface area contributed by atoms with E-state index in [0.717, 1.165) is 12.8 Å². The van der Waals surface area contributed by atoms with Gasteiger partial charge in [0.2, 0.25) is 0 Å². The number of hydrogen-bond donors (Lipinski definition) is 0. The zero-order chi connectivity index (χ0) is 19.8. The maximum Gasteiger partial charge on any atom is 0.347 e. The number of carbonyl (C=O) groups is 1.